The van der Waals surface area contributed by atoms with Crippen molar-refractivity contribution in [2.45, 2.75) is 58.1 Å². The molecule has 0 aromatic heterocycles. The molecule has 0 aliphatic carbocycles. The zero-order chi connectivity index (χ0) is 13.6. The van der Waals surface area contributed by atoms with Gasteiger partial charge in [0.1, 0.15) is 0 Å². The van der Waals surface area contributed by atoms with Crippen LogP contribution in [-0.4, -0.2) is 18.8 Å². The van der Waals surface area contributed by atoms with E-state index in [9.17, 15) is 0 Å². The van der Waals surface area contributed by atoms with Crippen molar-refractivity contribution < 1.29 is 4.74 Å². The van der Waals surface area contributed by atoms with E-state index in [4.69, 9.17) is 10.5 Å². The Morgan fingerprint density at radius 3 is 2.61 bits per heavy atom. The standard InChI is InChI=1S/C16H27NO/c1-13-6-5-7-14(12-13)8-9-15(17)10-11-16(2,3)18-4/h5-7,12,15H,8-11,17H2,1-4H3. The average Bonchev–Trinajstić information content (AvgIpc) is 2.34. The lowest BCUT2D eigenvalue weighted by atomic mass is 9.95. The summed E-state index contributed by atoms with van der Waals surface area (Å²) >= 11 is 0. The lowest BCUT2D eigenvalue weighted by Crippen LogP contribution is -2.28. The fraction of sp³-hybridized carbons (Fsp3) is 0.625. The van der Waals surface area contributed by atoms with E-state index in [1.165, 1.54) is 11.1 Å². The molecule has 1 atom stereocenters. The maximum atomic E-state index is 6.17. The Balaban J connectivity index is 2.31. The number of benzene rings is 1. The lowest BCUT2D eigenvalue weighted by molar-refractivity contribution is 0.0124. The highest BCUT2D eigenvalue weighted by Crippen LogP contribution is 2.18. The van der Waals surface area contributed by atoms with Gasteiger partial charge in [-0.05, 0) is 52.0 Å². The number of methoxy groups -OCH3 is 1. The second kappa shape index (κ2) is 6.91. The van der Waals surface area contributed by atoms with Gasteiger partial charge in [-0.3, -0.25) is 0 Å². The molecule has 2 heteroatoms. The molecule has 1 aromatic rings. The highest BCUT2D eigenvalue weighted by molar-refractivity contribution is 5.22. The predicted molar refractivity (Wildman–Crippen MR) is 77.8 cm³/mol. The zero-order valence-corrected chi connectivity index (χ0v) is 12.2. The predicted octanol–water partition coefficient (Wildman–Crippen LogP) is 3.46. The van der Waals surface area contributed by atoms with Gasteiger partial charge < -0.3 is 10.5 Å². The molecule has 102 valence electrons. The fourth-order valence-electron chi connectivity index (χ4n) is 2.00. The molecule has 0 saturated heterocycles. The summed E-state index contributed by atoms with van der Waals surface area (Å²) in [6.07, 6.45) is 4.14. The first-order chi connectivity index (χ1) is 8.43. The van der Waals surface area contributed by atoms with Crippen molar-refractivity contribution in [1.82, 2.24) is 0 Å². The molecule has 0 aliphatic heterocycles. The Labute approximate surface area is 112 Å². The van der Waals surface area contributed by atoms with E-state index in [1.54, 1.807) is 7.11 Å². The summed E-state index contributed by atoms with van der Waals surface area (Å²) in [5, 5.41) is 0. The van der Waals surface area contributed by atoms with Crippen LogP contribution < -0.4 is 5.73 Å². The number of rotatable bonds is 7. The maximum absolute atomic E-state index is 6.17. The summed E-state index contributed by atoms with van der Waals surface area (Å²) in [7, 11) is 1.76. The van der Waals surface area contributed by atoms with Gasteiger partial charge in [-0.1, -0.05) is 29.8 Å². The third kappa shape index (κ3) is 5.65. The summed E-state index contributed by atoms with van der Waals surface area (Å²) in [4.78, 5) is 0. The minimum absolute atomic E-state index is 0.0546. The Morgan fingerprint density at radius 1 is 1.28 bits per heavy atom. The minimum atomic E-state index is -0.0546. The fourth-order valence-corrected chi connectivity index (χ4v) is 2.00. The molecular weight excluding hydrogens is 222 g/mol. The minimum Gasteiger partial charge on any atom is -0.379 e. The molecule has 0 heterocycles. The van der Waals surface area contributed by atoms with Crippen molar-refractivity contribution in [3.63, 3.8) is 0 Å². The maximum Gasteiger partial charge on any atom is 0.0623 e. The summed E-state index contributed by atoms with van der Waals surface area (Å²) in [5.41, 5.74) is 8.82. The Hall–Kier alpha value is -0.860. The van der Waals surface area contributed by atoms with Crippen molar-refractivity contribution >= 4 is 0 Å². The molecule has 2 N–H and O–H groups in total. The topological polar surface area (TPSA) is 35.2 Å². The molecule has 2 nitrogen and oxygen atoms in total. The quantitative estimate of drug-likeness (QED) is 0.803. The van der Waals surface area contributed by atoms with Crippen molar-refractivity contribution in [2.24, 2.45) is 5.73 Å². The van der Waals surface area contributed by atoms with Crippen LogP contribution in [0.5, 0.6) is 0 Å². The number of aryl methyl sites for hydroxylation is 2. The van der Waals surface area contributed by atoms with Gasteiger partial charge in [-0.2, -0.15) is 0 Å². The van der Waals surface area contributed by atoms with Crippen LogP contribution in [0.4, 0.5) is 0 Å². The van der Waals surface area contributed by atoms with E-state index in [0.29, 0.717) is 0 Å². The van der Waals surface area contributed by atoms with Crippen LogP contribution in [0.25, 0.3) is 0 Å². The van der Waals surface area contributed by atoms with Crippen molar-refractivity contribution in [2.75, 3.05) is 7.11 Å². The first-order valence-corrected chi connectivity index (χ1v) is 6.79. The molecule has 0 saturated carbocycles. The van der Waals surface area contributed by atoms with Crippen LogP contribution in [0.1, 0.15) is 44.2 Å². The molecule has 0 aliphatic rings. The third-order valence-corrected chi connectivity index (χ3v) is 3.56. The van der Waals surface area contributed by atoms with Gasteiger partial charge in [-0.15, -0.1) is 0 Å². The van der Waals surface area contributed by atoms with E-state index in [2.05, 4.69) is 45.0 Å². The summed E-state index contributed by atoms with van der Waals surface area (Å²) < 4.78 is 5.41. The normalized spacial score (nSPS) is 13.6. The van der Waals surface area contributed by atoms with E-state index in [1.807, 2.05) is 0 Å². The van der Waals surface area contributed by atoms with Crippen molar-refractivity contribution in [3.05, 3.63) is 35.4 Å². The molecule has 1 unspecified atom stereocenters. The number of hydrogen-bond acceptors (Lipinski definition) is 2. The molecule has 18 heavy (non-hydrogen) atoms. The summed E-state index contributed by atoms with van der Waals surface area (Å²) in [6.45, 7) is 6.35. The molecule has 0 spiro atoms. The van der Waals surface area contributed by atoms with Crippen molar-refractivity contribution in [3.8, 4) is 0 Å². The number of ether oxygens (including phenoxy) is 1. The van der Waals surface area contributed by atoms with E-state index in [-0.39, 0.29) is 11.6 Å². The Bertz CT molecular complexity index is 360. The van der Waals surface area contributed by atoms with Gasteiger partial charge in [0, 0.05) is 13.2 Å². The lowest BCUT2D eigenvalue weighted by Gasteiger charge is -2.24. The first kappa shape index (κ1) is 15.2. The smallest absolute Gasteiger partial charge is 0.0623 e. The number of nitrogens with two attached hydrogens (primary N) is 1. The van der Waals surface area contributed by atoms with Crippen LogP contribution >= 0.6 is 0 Å². The summed E-state index contributed by atoms with van der Waals surface area (Å²) in [5.74, 6) is 0. The molecular formula is C16H27NO. The van der Waals surface area contributed by atoms with Crippen LogP contribution in [0, 0.1) is 6.92 Å². The molecule has 0 amide bonds. The highest BCUT2D eigenvalue weighted by Gasteiger charge is 2.17. The second-order valence-corrected chi connectivity index (χ2v) is 5.79. The molecule has 1 aromatic carbocycles. The number of hydrogen-bond donors (Lipinski definition) is 1. The first-order valence-electron chi connectivity index (χ1n) is 6.79. The van der Waals surface area contributed by atoms with Crippen molar-refractivity contribution in [1.29, 1.82) is 0 Å². The largest absolute Gasteiger partial charge is 0.379 e. The molecule has 0 fully saturated rings. The van der Waals surface area contributed by atoms with Gasteiger partial charge in [0.15, 0.2) is 0 Å². The highest BCUT2D eigenvalue weighted by atomic mass is 16.5. The van der Waals surface area contributed by atoms with E-state index in [0.717, 1.165) is 25.7 Å². The van der Waals surface area contributed by atoms with Gasteiger partial charge in [0.05, 0.1) is 5.60 Å². The second-order valence-electron chi connectivity index (χ2n) is 5.79. The SMILES string of the molecule is COC(C)(C)CCC(N)CCc1cccc(C)c1. The van der Waals surface area contributed by atoms with Crippen LogP contribution in [0.2, 0.25) is 0 Å². The van der Waals surface area contributed by atoms with E-state index < -0.39 is 0 Å². The van der Waals surface area contributed by atoms with Crippen LogP contribution in [-0.2, 0) is 11.2 Å². The van der Waals surface area contributed by atoms with Gasteiger partial charge in [0.2, 0.25) is 0 Å². The van der Waals surface area contributed by atoms with Gasteiger partial charge in [-0.25, -0.2) is 0 Å². The Morgan fingerprint density at radius 2 is 2.00 bits per heavy atom. The molecule has 1 rings (SSSR count). The molecule has 0 radical (unpaired) electrons. The Kier molecular flexibility index (Phi) is 5.83. The van der Waals surface area contributed by atoms with Gasteiger partial charge in [0.25, 0.3) is 0 Å². The van der Waals surface area contributed by atoms with Crippen LogP contribution in [0.3, 0.4) is 0 Å². The summed E-state index contributed by atoms with van der Waals surface area (Å²) in [6, 6.07) is 8.93. The molecule has 0 bridgehead atoms. The van der Waals surface area contributed by atoms with Crippen LogP contribution in [0.15, 0.2) is 24.3 Å². The monoisotopic (exact) mass is 249 g/mol. The third-order valence-electron chi connectivity index (χ3n) is 3.56. The zero-order valence-electron chi connectivity index (χ0n) is 12.2. The van der Waals surface area contributed by atoms with Gasteiger partial charge >= 0.3 is 0 Å². The van der Waals surface area contributed by atoms with E-state index >= 15 is 0 Å². The average molecular weight is 249 g/mol.